The van der Waals surface area contributed by atoms with Gasteiger partial charge in [-0.05, 0) is 18.1 Å². The normalized spacial score (nSPS) is 10.5. The minimum atomic E-state index is -0.971. The van der Waals surface area contributed by atoms with Crippen molar-refractivity contribution in [1.82, 2.24) is 14.9 Å². The summed E-state index contributed by atoms with van der Waals surface area (Å²) in [6, 6.07) is 4.39. The molecule has 0 aromatic carbocycles. The largest absolute Gasteiger partial charge is 0.334 e. The van der Waals surface area contributed by atoms with Crippen LogP contribution < -0.4 is 0 Å². The zero-order valence-corrected chi connectivity index (χ0v) is 11.8. The van der Waals surface area contributed by atoms with Crippen LogP contribution in [0.1, 0.15) is 28.7 Å². The Morgan fingerprint density at radius 1 is 1.24 bits per heavy atom. The smallest absolute Gasteiger partial charge is 0.275 e. The molecule has 2 aromatic rings. The maximum Gasteiger partial charge on any atom is 0.275 e. The van der Waals surface area contributed by atoms with Gasteiger partial charge in [-0.1, -0.05) is 13.0 Å². The van der Waals surface area contributed by atoms with Crippen LogP contribution >= 0.6 is 0 Å². The number of amides is 1. The number of pyridine rings is 2. The number of aryl methyl sites for hydroxylation is 1. The van der Waals surface area contributed by atoms with Gasteiger partial charge in [-0.3, -0.25) is 9.78 Å². The summed E-state index contributed by atoms with van der Waals surface area (Å²) in [7, 11) is 1.52. The van der Waals surface area contributed by atoms with Crippen LogP contribution in [0.2, 0.25) is 0 Å². The lowest BCUT2D eigenvalue weighted by Crippen LogP contribution is -2.28. The van der Waals surface area contributed by atoms with E-state index in [0.29, 0.717) is 11.8 Å². The molecule has 0 aliphatic carbocycles. The van der Waals surface area contributed by atoms with Gasteiger partial charge >= 0.3 is 0 Å². The summed E-state index contributed by atoms with van der Waals surface area (Å²) in [5.74, 6) is -2.40. The lowest BCUT2D eigenvalue weighted by Gasteiger charge is -2.16. The van der Waals surface area contributed by atoms with Crippen LogP contribution in [0.3, 0.4) is 0 Å². The van der Waals surface area contributed by atoms with E-state index in [-0.39, 0.29) is 6.54 Å². The van der Waals surface area contributed by atoms with Crippen molar-refractivity contribution in [1.29, 1.82) is 0 Å². The lowest BCUT2D eigenvalue weighted by molar-refractivity contribution is 0.0772. The van der Waals surface area contributed by atoms with Gasteiger partial charge in [0, 0.05) is 19.3 Å². The van der Waals surface area contributed by atoms with Crippen LogP contribution in [0.25, 0.3) is 0 Å². The Labute approximate surface area is 121 Å². The van der Waals surface area contributed by atoms with E-state index in [9.17, 15) is 13.6 Å². The molecule has 0 bridgehead atoms. The third-order valence-corrected chi connectivity index (χ3v) is 3.05. The second-order valence-electron chi connectivity index (χ2n) is 4.66. The minimum absolute atomic E-state index is 0.224. The molecule has 0 unspecified atom stereocenters. The molecule has 0 aliphatic heterocycles. The average molecular weight is 291 g/mol. The Bertz CT molecular complexity index is 644. The van der Waals surface area contributed by atoms with E-state index in [1.165, 1.54) is 11.9 Å². The van der Waals surface area contributed by atoms with Gasteiger partial charge in [-0.25, -0.2) is 13.8 Å². The van der Waals surface area contributed by atoms with Crippen molar-refractivity contribution in [3.8, 4) is 0 Å². The Balaban J connectivity index is 2.11. The van der Waals surface area contributed by atoms with Gasteiger partial charge < -0.3 is 4.90 Å². The molecule has 21 heavy (non-hydrogen) atoms. The second-order valence-corrected chi connectivity index (χ2v) is 4.66. The molecule has 0 fully saturated rings. The van der Waals surface area contributed by atoms with Crippen LogP contribution in [-0.4, -0.2) is 27.8 Å². The van der Waals surface area contributed by atoms with E-state index in [2.05, 4.69) is 9.97 Å². The van der Waals surface area contributed by atoms with Crippen LogP contribution in [0, 0.1) is 11.6 Å². The van der Waals surface area contributed by atoms with E-state index in [1.54, 1.807) is 6.20 Å². The highest BCUT2D eigenvalue weighted by atomic mass is 19.1. The summed E-state index contributed by atoms with van der Waals surface area (Å²) in [4.78, 5) is 21.1. The molecule has 2 aromatic heterocycles. The first-order chi connectivity index (χ1) is 10.0. The molecule has 4 nitrogen and oxygen atoms in total. The Morgan fingerprint density at radius 2 is 2.00 bits per heavy atom. The van der Waals surface area contributed by atoms with Gasteiger partial charge in [0.2, 0.25) is 0 Å². The van der Waals surface area contributed by atoms with Crippen molar-refractivity contribution in [2.75, 3.05) is 7.05 Å². The molecule has 0 spiro atoms. The molecular weight excluding hydrogens is 276 g/mol. The van der Waals surface area contributed by atoms with Crippen molar-refractivity contribution < 1.29 is 13.6 Å². The SMILES string of the molecule is CCc1ccc(CN(C)C(=O)c2ncc(F)cc2F)nc1. The van der Waals surface area contributed by atoms with E-state index in [0.717, 1.165) is 18.2 Å². The van der Waals surface area contributed by atoms with Gasteiger partial charge in [0.15, 0.2) is 11.5 Å². The Kier molecular flexibility index (Phi) is 4.57. The highest BCUT2D eigenvalue weighted by molar-refractivity contribution is 5.92. The first-order valence-corrected chi connectivity index (χ1v) is 6.51. The van der Waals surface area contributed by atoms with Crippen LogP contribution in [-0.2, 0) is 13.0 Å². The fourth-order valence-electron chi connectivity index (χ4n) is 1.83. The molecule has 0 saturated carbocycles. The van der Waals surface area contributed by atoms with E-state index >= 15 is 0 Å². The standard InChI is InChI=1S/C15H15F2N3O/c1-3-10-4-5-12(18-7-10)9-20(2)15(21)14-13(17)6-11(16)8-19-14/h4-8H,3,9H2,1-2H3. The predicted octanol–water partition coefficient (Wildman–Crippen LogP) is 2.59. The fourth-order valence-corrected chi connectivity index (χ4v) is 1.83. The summed E-state index contributed by atoms with van der Waals surface area (Å²) >= 11 is 0. The molecule has 0 saturated heterocycles. The highest BCUT2D eigenvalue weighted by Gasteiger charge is 2.19. The molecule has 6 heteroatoms. The molecule has 0 atom stereocenters. The van der Waals surface area contributed by atoms with Crippen molar-refractivity contribution in [2.24, 2.45) is 0 Å². The zero-order chi connectivity index (χ0) is 15.4. The van der Waals surface area contributed by atoms with Crippen LogP contribution in [0.4, 0.5) is 8.78 Å². The molecule has 110 valence electrons. The van der Waals surface area contributed by atoms with Crippen molar-refractivity contribution in [3.05, 3.63) is 59.2 Å². The van der Waals surface area contributed by atoms with Gasteiger partial charge in [0.1, 0.15) is 5.82 Å². The van der Waals surface area contributed by atoms with Gasteiger partial charge in [0.25, 0.3) is 5.91 Å². The average Bonchev–Trinajstić information content (AvgIpc) is 2.47. The molecule has 0 radical (unpaired) electrons. The summed E-state index contributed by atoms with van der Waals surface area (Å²) in [6.45, 7) is 2.25. The number of hydrogen-bond donors (Lipinski definition) is 0. The number of nitrogens with zero attached hydrogens (tertiary/aromatic N) is 3. The molecule has 2 rings (SSSR count). The topological polar surface area (TPSA) is 46.1 Å². The molecule has 1 amide bonds. The number of carbonyl (C=O) groups is 1. The maximum atomic E-state index is 13.5. The third kappa shape index (κ3) is 3.59. The fraction of sp³-hybridized carbons (Fsp3) is 0.267. The summed E-state index contributed by atoms with van der Waals surface area (Å²) in [6.07, 6.45) is 3.44. The van der Waals surface area contributed by atoms with Gasteiger partial charge in [-0.2, -0.15) is 0 Å². The maximum absolute atomic E-state index is 13.5. The monoisotopic (exact) mass is 291 g/mol. The van der Waals surface area contributed by atoms with Crippen LogP contribution in [0.5, 0.6) is 0 Å². The number of halogens is 2. The molecular formula is C15H15F2N3O. The molecule has 0 N–H and O–H groups in total. The lowest BCUT2D eigenvalue weighted by atomic mass is 10.2. The number of rotatable bonds is 4. The highest BCUT2D eigenvalue weighted by Crippen LogP contribution is 2.10. The second kappa shape index (κ2) is 6.39. The Hall–Kier alpha value is -2.37. The molecule has 2 heterocycles. The van der Waals surface area contributed by atoms with Crippen molar-refractivity contribution >= 4 is 5.91 Å². The van der Waals surface area contributed by atoms with Crippen molar-refractivity contribution in [3.63, 3.8) is 0 Å². The van der Waals surface area contributed by atoms with Crippen LogP contribution in [0.15, 0.2) is 30.6 Å². The zero-order valence-electron chi connectivity index (χ0n) is 11.8. The third-order valence-electron chi connectivity index (χ3n) is 3.05. The first kappa shape index (κ1) is 15.0. The van der Waals surface area contributed by atoms with E-state index < -0.39 is 23.2 Å². The van der Waals surface area contributed by atoms with E-state index in [1.807, 2.05) is 19.1 Å². The predicted molar refractivity (Wildman–Crippen MR) is 73.6 cm³/mol. The number of carbonyl (C=O) groups excluding carboxylic acids is 1. The van der Waals surface area contributed by atoms with E-state index in [4.69, 9.17) is 0 Å². The van der Waals surface area contributed by atoms with Crippen molar-refractivity contribution in [2.45, 2.75) is 19.9 Å². The first-order valence-electron chi connectivity index (χ1n) is 6.51. The summed E-state index contributed by atoms with van der Waals surface area (Å²) in [5.41, 5.74) is 1.38. The summed E-state index contributed by atoms with van der Waals surface area (Å²) in [5, 5.41) is 0. The quantitative estimate of drug-likeness (QED) is 0.870. The molecule has 0 aliphatic rings. The summed E-state index contributed by atoms with van der Waals surface area (Å²) < 4.78 is 26.3. The Morgan fingerprint density at radius 3 is 2.57 bits per heavy atom. The number of hydrogen-bond acceptors (Lipinski definition) is 3. The van der Waals surface area contributed by atoms with Gasteiger partial charge in [0.05, 0.1) is 18.4 Å². The van der Waals surface area contributed by atoms with Gasteiger partial charge in [-0.15, -0.1) is 0 Å². The minimum Gasteiger partial charge on any atom is -0.334 e. The number of aromatic nitrogens is 2.